The second-order valence-electron chi connectivity index (χ2n) is 2.97. The van der Waals surface area contributed by atoms with Crippen molar-refractivity contribution in [2.75, 3.05) is 5.12 Å². The van der Waals surface area contributed by atoms with E-state index in [1.54, 1.807) is 12.3 Å². The number of carbonyl (C=O) groups is 1. The summed E-state index contributed by atoms with van der Waals surface area (Å²) in [6.07, 6.45) is 5.28. The van der Waals surface area contributed by atoms with Gasteiger partial charge in [-0.2, -0.15) is 10.2 Å². The molecule has 2 amide bonds. The van der Waals surface area contributed by atoms with Gasteiger partial charge in [-0.15, -0.1) is 0 Å². The van der Waals surface area contributed by atoms with Gasteiger partial charge in [0.25, 0.3) is 0 Å². The van der Waals surface area contributed by atoms with E-state index in [0.29, 0.717) is 0 Å². The highest BCUT2D eigenvalue weighted by atomic mass is 16.2. The molecule has 76 valence electrons. The molecule has 5 nitrogen and oxygen atoms in total. The Morgan fingerprint density at radius 2 is 2.20 bits per heavy atom. The van der Waals surface area contributed by atoms with Crippen molar-refractivity contribution >= 4 is 24.0 Å². The van der Waals surface area contributed by atoms with Crippen molar-refractivity contribution in [2.45, 2.75) is 0 Å². The Bertz CT molecular complexity index is 439. The van der Waals surface area contributed by atoms with Crippen LogP contribution in [0.4, 0.5) is 10.5 Å². The smallest absolute Gasteiger partial charge is 0.332 e. The van der Waals surface area contributed by atoms with Crippen LogP contribution in [0.5, 0.6) is 0 Å². The van der Waals surface area contributed by atoms with Crippen LogP contribution in [0.2, 0.25) is 0 Å². The first-order chi connectivity index (χ1) is 7.27. The third kappa shape index (κ3) is 1.96. The number of hydrazine groups is 1. The van der Waals surface area contributed by atoms with Gasteiger partial charge in [0.1, 0.15) is 0 Å². The van der Waals surface area contributed by atoms with Gasteiger partial charge in [-0.05, 0) is 12.1 Å². The number of carbonyl (C=O) groups excluding carboxylic acids is 1. The molecule has 0 saturated carbocycles. The summed E-state index contributed by atoms with van der Waals surface area (Å²) < 4.78 is 0. The van der Waals surface area contributed by atoms with Gasteiger partial charge in [-0.1, -0.05) is 24.3 Å². The van der Waals surface area contributed by atoms with Gasteiger partial charge < -0.3 is 5.73 Å². The number of allylic oxidation sites excluding steroid dienone is 1. The molecule has 0 fully saturated rings. The Labute approximate surface area is 86.8 Å². The molecule has 1 aromatic carbocycles. The van der Waals surface area contributed by atoms with E-state index >= 15 is 0 Å². The van der Waals surface area contributed by atoms with E-state index in [9.17, 15) is 4.79 Å². The lowest BCUT2D eigenvalue weighted by molar-refractivity contribution is 0.248. The standard InChI is InChI=1S/C10H10N4O/c11-10(15)13-14-9-6-2-1-4-8(9)5-3-7-12-14/h1-7H,(H3,11,13,15). The predicted octanol–water partition coefficient (Wildman–Crippen LogP) is 1.09. The number of para-hydroxylation sites is 1. The Kier molecular flexibility index (Phi) is 2.37. The van der Waals surface area contributed by atoms with E-state index < -0.39 is 6.03 Å². The van der Waals surface area contributed by atoms with Crippen molar-refractivity contribution in [3.05, 3.63) is 35.9 Å². The highest BCUT2D eigenvalue weighted by Gasteiger charge is 2.10. The Morgan fingerprint density at radius 1 is 1.40 bits per heavy atom. The number of anilines is 1. The molecular weight excluding hydrogens is 192 g/mol. The largest absolute Gasteiger partial charge is 0.350 e. The average Bonchev–Trinajstić information content (AvgIpc) is 2.41. The Hall–Kier alpha value is -2.30. The molecule has 0 atom stereocenters. The molecule has 15 heavy (non-hydrogen) atoms. The first-order valence-electron chi connectivity index (χ1n) is 4.43. The van der Waals surface area contributed by atoms with Crippen LogP contribution in [0.25, 0.3) is 6.08 Å². The average molecular weight is 202 g/mol. The van der Waals surface area contributed by atoms with Gasteiger partial charge in [0.2, 0.25) is 0 Å². The fraction of sp³-hybridized carbons (Fsp3) is 0. The lowest BCUT2D eigenvalue weighted by Crippen LogP contribution is -2.42. The zero-order chi connectivity index (χ0) is 10.7. The van der Waals surface area contributed by atoms with Crippen LogP contribution in [-0.2, 0) is 0 Å². The van der Waals surface area contributed by atoms with Crippen molar-refractivity contribution in [3.8, 4) is 0 Å². The summed E-state index contributed by atoms with van der Waals surface area (Å²) in [5.41, 5.74) is 9.20. The Balaban J connectivity index is 2.39. The van der Waals surface area contributed by atoms with Crippen LogP contribution in [0.15, 0.2) is 35.4 Å². The molecule has 0 aliphatic carbocycles. The summed E-state index contributed by atoms with van der Waals surface area (Å²) in [4.78, 5) is 10.8. The minimum Gasteiger partial charge on any atom is -0.350 e. The highest BCUT2D eigenvalue weighted by Crippen LogP contribution is 2.21. The van der Waals surface area contributed by atoms with Crippen molar-refractivity contribution in [1.29, 1.82) is 0 Å². The first-order valence-corrected chi connectivity index (χ1v) is 4.43. The van der Waals surface area contributed by atoms with Gasteiger partial charge in [0, 0.05) is 11.8 Å². The monoisotopic (exact) mass is 202 g/mol. The van der Waals surface area contributed by atoms with Crippen molar-refractivity contribution in [2.24, 2.45) is 10.8 Å². The number of amides is 2. The van der Waals surface area contributed by atoms with Crippen molar-refractivity contribution in [1.82, 2.24) is 5.43 Å². The van der Waals surface area contributed by atoms with E-state index in [2.05, 4.69) is 10.5 Å². The third-order valence-corrected chi connectivity index (χ3v) is 1.93. The van der Waals surface area contributed by atoms with E-state index in [0.717, 1.165) is 11.3 Å². The number of hydrogen-bond acceptors (Lipinski definition) is 3. The molecule has 0 aromatic heterocycles. The topological polar surface area (TPSA) is 70.7 Å². The minimum atomic E-state index is -0.649. The molecule has 1 aliphatic rings. The lowest BCUT2D eigenvalue weighted by atomic mass is 10.2. The summed E-state index contributed by atoms with van der Waals surface area (Å²) in [6, 6.07) is 6.90. The number of primary amides is 1. The minimum absolute atomic E-state index is 0.649. The number of fused-ring (bicyclic) bond motifs is 1. The number of nitrogens with zero attached hydrogens (tertiary/aromatic N) is 2. The second-order valence-corrected chi connectivity index (χ2v) is 2.97. The van der Waals surface area contributed by atoms with Crippen molar-refractivity contribution in [3.63, 3.8) is 0 Å². The molecule has 0 unspecified atom stereocenters. The summed E-state index contributed by atoms with van der Waals surface area (Å²) in [6.45, 7) is 0. The molecule has 5 heteroatoms. The van der Waals surface area contributed by atoms with Crippen molar-refractivity contribution < 1.29 is 4.79 Å². The molecule has 0 saturated heterocycles. The van der Waals surface area contributed by atoms with Crippen LogP contribution < -0.4 is 16.3 Å². The maximum atomic E-state index is 10.8. The summed E-state index contributed by atoms with van der Waals surface area (Å²) in [5, 5.41) is 5.36. The lowest BCUT2D eigenvalue weighted by Gasteiger charge is -2.18. The molecule has 1 heterocycles. The fourth-order valence-corrected chi connectivity index (χ4v) is 1.33. The quantitative estimate of drug-likeness (QED) is 0.715. The summed E-state index contributed by atoms with van der Waals surface area (Å²) in [7, 11) is 0. The number of nitrogens with one attached hydrogen (secondary N) is 1. The number of rotatable bonds is 1. The summed E-state index contributed by atoms with van der Waals surface area (Å²) in [5.74, 6) is 0. The normalized spacial score (nSPS) is 13.2. The van der Waals surface area contributed by atoms with Gasteiger partial charge >= 0.3 is 6.03 Å². The molecule has 0 spiro atoms. The molecule has 1 aromatic rings. The third-order valence-electron chi connectivity index (χ3n) is 1.93. The van der Waals surface area contributed by atoms with Gasteiger partial charge in [0.15, 0.2) is 0 Å². The predicted molar refractivity (Wildman–Crippen MR) is 59.2 cm³/mol. The van der Waals surface area contributed by atoms with E-state index in [1.807, 2.05) is 30.3 Å². The number of nitrogens with two attached hydrogens (primary N) is 1. The highest BCUT2D eigenvalue weighted by molar-refractivity contribution is 5.85. The molecule has 2 rings (SSSR count). The van der Waals surface area contributed by atoms with Crippen LogP contribution in [-0.4, -0.2) is 12.2 Å². The van der Waals surface area contributed by atoms with Crippen LogP contribution in [0.1, 0.15) is 5.56 Å². The van der Waals surface area contributed by atoms with Crippen LogP contribution in [0, 0.1) is 0 Å². The molecule has 0 bridgehead atoms. The Morgan fingerprint density at radius 3 is 3.00 bits per heavy atom. The number of hydrazone groups is 1. The van der Waals surface area contributed by atoms with Gasteiger partial charge in [-0.25, -0.2) is 10.2 Å². The fourth-order valence-electron chi connectivity index (χ4n) is 1.33. The molecule has 3 N–H and O–H groups in total. The van der Waals surface area contributed by atoms with Gasteiger partial charge in [-0.3, -0.25) is 0 Å². The SMILES string of the molecule is NC(=O)NN1N=CC=Cc2ccccc21. The first kappa shape index (κ1) is 9.26. The van der Waals surface area contributed by atoms with E-state index in [-0.39, 0.29) is 0 Å². The van der Waals surface area contributed by atoms with Crippen LogP contribution in [0.3, 0.4) is 0 Å². The number of hydrogen-bond donors (Lipinski definition) is 2. The van der Waals surface area contributed by atoms with Crippen LogP contribution >= 0.6 is 0 Å². The maximum Gasteiger partial charge on any atom is 0.332 e. The zero-order valence-corrected chi connectivity index (χ0v) is 7.92. The molecular formula is C10H10N4O. The van der Waals surface area contributed by atoms with Gasteiger partial charge in [0.05, 0.1) is 5.69 Å². The van der Waals surface area contributed by atoms with E-state index in [4.69, 9.17) is 5.73 Å². The molecule has 0 radical (unpaired) electrons. The summed E-state index contributed by atoms with van der Waals surface area (Å²) >= 11 is 0. The number of urea groups is 1. The maximum absolute atomic E-state index is 10.8. The van der Waals surface area contributed by atoms with E-state index in [1.165, 1.54) is 5.12 Å². The molecule has 1 aliphatic heterocycles. The number of benzene rings is 1. The second kappa shape index (κ2) is 3.83. The zero-order valence-electron chi connectivity index (χ0n) is 7.92.